The number of nitrogens with one attached hydrogen (secondary N) is 1. The van der Waals surface area contributed by atoms with Crippen LogP contribution >= 0.6 is 12.2 Å². The number of aromatic nitrogens is 1. The number of thiocarbonyl (C=S) groups is 1. The third kappa shape index (κ3) is 2.97. The molecule has 2 N–H and O–H groups in total. The normalized spacial score (nSPS) is 20.2. The first-order valence-corrected chi connectivity index (χ1v) is 9.97. The summed E-state index contributed by atoms with van der Waals surface area (Å²) in [6.07, 6.45) is 0. The predicted octanol–water partition coefficient (Wildman–Crippen LogP) is 3.18. The molecule has 7 heteroatoms. The van der Waals surface area contributed by atoms with Gasteiger partial charge in [0.05, 0.1) is 24.3 Å². The van der Waals surface area contributed by atoms with E-state index in [4.69, 9.17) is 22.1 Å². The van der Waals surface area contributed by atoms with Gasteiger partial charge in [0.25, 0.3) is 0 Å². The van der Waals surface area contributed by atoms with E-state index in [1.54, 1.807) is 19.2 Å². The molecule has 0 saturated carbocycles. The van der Waals surface area contributed by atoms with E-state index in [1.807, 2.05) is 18.2 Å². The van der Waals surface area contributed by atoms with Crippen molar-refractivity contribution in [3.05, 3.63) is 64.8 Å². The van der Waals surface area contributed by atoms with E-state index >= 15 is 0 Å². The van der Waals surface area contributed by atoms with E-state index in [0.717, 1.165) is 41.6 Å². The fourth-order valence-corrected chi connectivity index (χ4v) is 4.74. The fraction of sp³-hybridized carbons (Fsp3) is 0.273. The molecule has 2 unspecified atom stereocenters. The van der Waals surface area contributed by atoms with Gasteiger partial charge in [0.1, 0.15) is 5.75 Å². The highest BCUT2D eigenvalue weighted by molar-refractivity contribution is 7.80. The highest BCUT2D eigenvalue weighted by Crippen LogP contribution is 2.40. The van der Waals surface area contributed by atoms with Crippen LogP contribution in [-0.4, -0.2) is 45.9 Å². The number of fused-ring (bicyclic) bond motifs is 6. The monoisotopic (exact) mass is 407 g/mol. The number of ether oxygens (including phenoxy) is 1. The van der Waals surface area contributed by atoms with Crippen LogP contribution < -0.4 is 10.1 Å². The highest BCUT2D eigenvalue weighted by atomic mass is 32.1. The molecule has 0 amide bonds. The second-order valence-electron chi connectivity index (χ2n) is 7.59. The molecule has 2 aliphatic rings. The van der Waals surface area contributed by atoms with Gasteiger partial charge in [0.2, 0.25) is 0 Å². The Balaban J connectivity index is 1.66. The third-order valence-electron chi connectivity index (χ3n) is 5.92. The molecule has 6 nitrogen and oxygen atoms in total. The Hall–Kier alpha value is -2.90. The molecule has 3 aromatic rings. The number of rotatable bonds is 4. The first kappa shape index (κ1) is 18.1. The largest absolute Gasteiger partial charge is 0.497 e. The smallest absolute Gasteiger partial charge is 0.335 e. The summed E-state index contributed by atoms with van der Waals surface area (Å²) in [5.41, 5.74) is 5.08. The van der Waals surface area contributed by atoms with Crippen LogP contribution in [0.2, 0.25) is 0 Å². The minimum absolute atomic E-state index is 0.174. The minimum Gasteiger partial charge on any atom is -0.497 e. The van der Waals surface area contributed by atoms with E-state index in [0.29, 0.717) is 12.1 Å². The van der Waals surface area contributed by atoms with Crippen LogP contribution in [0.25, 0.3) is 10.9 Å². The molecule has 2 aromatic carbocycles. The second-order valence-corrected chi connectivity index (χ2v) is 8.03. The lowest BCUT2D eigenvalue weighted by molar-refractivity contribution is 0.0697. The van der Waals surface area contributed by atoms with E-state index < -0.39 is 5.97 Å². The Kier molecular flexibility index (Phi) is 4.29. The Bertz CT molecular complexity index is 1140. The van der Waals surface area contributed by atoms with Crippen LogP contribution in [-0.2, 0) is 13.1 Å². The number of methoxy groups -OCH3 is 1. The molecule has 0 aliphatic carbocycles. The number of nitrogens with zero attached hydrogens (tertiary/aromatic N) is 2. The Morgan fingerprint density at radius 1 is 1.28 bits per heavy atom. The predicted molar refractivity (Wildman–Crippen MR) is 115 cm³/mol. The summed E-state index contributed by atoms with van der Waals surface area (Å²) in [7, 11) is 1.68. The summed E-state index contributed by atoms with van der Waals surface area (Å²) in [6.45, 7) is 3.24. The van der Waals surface area contributed by atoms with E-state index in [9.17, 15) is 4.79 Å². The van der Waals surface area contributed by atoms with Crippen LogP contribution in [0.3, 0.4) is 0 Å². The van der Waals surface area contributed by atoms with Crippen molar-refractivity contribution >= 4 is 34.1 Å². The van der Waals surface area contributed by atoms with Gasteiger partial charge in [-0.05, 0) is 41.5 Å². The molecule has 2 bridgehead atoms. The number of carboxylic acid groups (broad SMARTS) is 1. The lowest BCUT2D eigenvalue weighted by Crippen LogP contribution is -2.51. The maximum Gasteiger partial charge on any atom is 0.335 e. The summed E-state index contributed by atoms with van der Waals surface area (Å²) >= 11 is 5.66. The van der Waals surface area contributed by atoms with Crippen LogP contribution in [0.5, 0.6) is 5.75 Å². The van der Waals surface area contributed by atoms with Gasteiger partial charge in [-0.1, -0.05) is 24.4 Å². The quantitative estimate of drug-likeness (QED) is 0.648. The second kappa shape index (κ2) is 6.86. The van der Waals surface area contributed by atoms with Gasteiger partial charge >= 0.3 is 5.97 Å². The van der Waals surface area contributed by atoms with Crippen LogP contribution in [0.1, 0.15) is 33.1 Å². The van der Waals surface area contributed by atoms with Crippen molar-refractivity contribution in [1.29, 1.82) is 0 Å². The minimum atomic E-state index is -0.908. The van der Waals surface area contributed by atoms with E-state index in [1.165, 1.54) is 16.6 Å². The maximum absolute atomic E-state index is 11.2. The van der Waals surface area contributed by atoms with Gasteiger partial charge in [-0.2, -0.15) is 0 Å². The van der Waals surface area contributed by atoms with Gasteiger partial charge in [0, 0.05) is 42.1 Å². The highest BCUT2D eigenvalue weighted by Gasteiger charge is 2.36. The van der Waals surface area contributed by atoms with Gasteiger partial charge in [-0.25, -0.2) is 4.79 Å². The molecule has 1 saturated heterocycles. The average Bonchev–Trinajstić information content (AvgIpc) is 3.03. The summed E-state index contributed by atoms with van der Waals surface area (Å²) in [5.74, 6) is 0.0993. The summed E-state index contributed by atoms with van der Waals surface area (Å²) in [5, 5.41) is 13.7. The third-order valence-corrected chi connectivity index (χ3v) is 6.35. The maximum atomic E-state index is 11.2. The SMILES string of the molecule is COc1ccc2c(c1)c1c(n2Cc2ccc(C(=O)O)cc2)CN2CNC(=S)C1C2. The lowest BCUT2D eigenvalue weighted by atomic mass is 9.90. The number of hydrogen-bond acceptors (Lipinski definition) is 4. The Morgan fingerprint density at radius 3 is 2.79 bits per heavy atom. The standard InChI is InChI=1S/C22H21N3O3S/c1-28-15-6-7-18-16(8-15)20-17-10-24(12-23-21(17)29)11-19(20)25(18)9-13-2-4-14(5-3-13)22(26)27/h2-8,17H,9-12H2,1H3,(H,23,29)(H,26,27). The zero-order valence-corrected chi connectivity index (χ0v) is 16.8. The van der Waals surface area contributed by atoms with Crippen molar-refractivity contribution in [2.75, 3.05) is 20.3 Å². The number of carbonyl (C=O) groups is 1. The Morgan fingerprint density at radius 2 is 2.07 bits per heavy atom. The van der Waals surface area contributed by atoms with Crippen molar-refractivity contribution in [2.45, 2.75) is 19.0 Å². The van der Waals surface area contributed by atoms with E-state index in [2.05, 4.69) is 26.9 Å². The van der Waals surface area contributed by atoms with Gasteiger partial charge < -0.3 is 19.7 Å². The molecule has 148 valence electrons. The molecule has 0 spiro atoms. The number of benzene rings is 2. The number of aromatic carboxylic acids is 1. The fourth-order valence-electron chi connectivity index (χ4n) is 4.49. The molecule has 1 aromatic heterocycles. The van der Waals surface area contributed by atoms with Crippen molar-refractivity contribution in [3.63, 3.8) is 0 Å². The number of carboxylic acids is 1. The summed E-state index contributed by atoms with van der Waals surface area (Å²) in [6, 6.07) is 13.3. The molecule has 29 heavy (non-hydrogen) atoms. The molecular formula is C22H21N3O3S. The molecular weight excluding hydrogens is 386 g/mol. The molecule has 2 aliphatic heterocycles. The zero-order valence-electron chi connectivity index (χ0n) is 16.0. The van der Waals surface area contributed by atoms with E-state index in [-0.39, 0.29) is 5.92 Å². The topological polar surface area (TPSA) is 66.7 Å². The molecule has 5 rings (SSSR count). The zero-order chi connectivity index (χ0) is 20.1. The van der Waals surface area contributed by atoms with Crippen LogP contribution in [0.4, 0.5) is 0 Å². The molecule has 1 fully saturated rings. The van der Waals surface area contributed by atoms with Crippen LogP contribution in [0.15, 0.2) is 42.5 Å². The summed E-state index contributed by atoms with van der Waals surface area (Å²) in [4.78, 5) is 14.4. The summed E-state index contributed by atoms with van der Waals surface area (Å²) < 4.78 is 7.82. The Labute approximate surface area is 173 Å². The van der Waals surface area contributed by atoms with Crippen LogP contribution in [0, 0.1) is 0 Å². The molecule has 2 atom stereocenters. The van der Waals surface area contributed by atoms with Crippen molar-refractivity contribution < 1.29 is 14.6 Å². The van der Waals surface area contributed by atoms with Crippen molar-refractivity contribution in [3.8, 4) is 5.75 Å². The molecule has 0 radical (unpaired) electrons. The van der Waals surface area contributed by atoms with Gasteiger partial charge in [0.15, 0.2) is 0 Å². The van der Waals surface area contributed by atoms with Crippen molar-refractivity contribution in [1.82, 2.24) is 14.8 Å². The molecule has 3 heterocycles. The first-order chi connectivity index (χ1) is 14.0. The first-order valence-electron chi connectivity index (χ1n) is 9.56. The number of hydrogen-bond donors (Lipinski definition) is 2. The lowest BCUT2D eigenvalue weighted by Gasteiger charge is -2.39. The van der Waals surface area contributed by atoms with Gasteiger partial charge in [-0.15, -0.1) is 0 Å². The average molecular weight is 407 g/mol. The van der Waals surface area contributed by atoms with Crippen molar-refractivity contribution in [2.24, 2.45) is 0 Å². The van der Waals surface area contributed by atoms with Gasteiger partial charge in [-0.3, -0.25) is 4.90 Å².